The first-order valence-electron chi connectivity index (χ1n) is 7.65. The van der Waals surface area contributed by atoms with Crippen molar-refractivity contribution in [2.24, 2.45) is 0 Å². The smallest absolute Gasteiger partial charge is 0.153 e. The topological polar surface area (TPSA) is 37.9 Å². The van der Waals surface area contributed by atoms with Gasteiger partial charge in [-0.25, -0.2) is 4.98 Å². The maximum absolute atomic E-state index is 6.03. The number of ether oxygens (including phenoxy) is 1. The number of nitrogens with one attached hydrogen (secondary N) is 1. The van der Waals surface area contributed by atoms with Crippen LogP contribution in [0.25, 0.3) is 11.0 Å². The van der Waals surface area contributed by atoms with Crippen LogP contribution in [0.3, 0.4) is 0 Å². The molecule has 1 aromatic heterocycles. The largest absolute Gasteiger partial charge is 0.483 e. The summed E-state index contributed by atoms with van der Waals surface area (Å²) in [5.74, 6) is 1.74. The third-order valence-corrected chi connectivity index (χ3v) is 4.29. The lowest BCUT2D eigenvalue weighted by Crippen LogP contribution is -2.05. The number of imidazole rings is 1. The quantitative estimate of drug-likeness (QED) is 0.743. The molecule has 3 aromatic rings. The molecule has 0 fully saturated rings. The first-order valence-corrected chi connectivity index (χ1v) is 7.65. The molecule has 0 amide bonds. The molecular weight excluding hydrogens is 272 g/mol. The van der Waals surface area contributed by atoms with Gasteiger partial charge in [-0.15, -0.1) is 0 Å². The van der Waals surface area contributed by atoms with Gasteiger partial charge in [0.1, 0.15) is 11.6 Å². The zero-order valence-corrected chi connectivity index (χ0v) is 13.8. The number of aromatic nitrogens is 2. The summed E-state index contributed by atoms with van der Waals surface area (Å²) in [4.78, 5) is 8.04. The van der Waals surface area contributed by atoms with Gasteiger partial charge >= 0.3 is 0 Å². The monoisotopic (exact) mass is 294 g/mol. The van der Waals surface area contributed by atoms with E-state index in [0.717, 1.165) is 22.6 Å². The Bertz CT molecular complexity index is 794. The van der Waals surface area contributed by atoms with Crippen molar-refractivity contribution in [2.45, 2.75) is 40.7 Å². The van der Waals surface area contributed by atoms with Gasteiger partial charge in [-0.2, -0.15) is 0 Å². The van der Waals surface area contributed by atoms with Gasteiger partial charge in [0.25, 0.3) is 0 Å². The third-order valence-electron chi connectivity index (χ3n) is 4.29. The summed E-state index contributed by atoms with van der Waals surface area (Å²) in [6.07, 6.45) is -0.116. The van der Waals surface area contributed by atoms with Crippen molar-refractivity contribution in [1.82, 2.24) is 9.97 Å². The number of aromatic amines is 1. The molecule has 1 heterocycles. The average molecular weight is 294 g/mol. The molecule has 3 heteroatoms. The molecule has 3 rings (SSSR count). The maximum atomic E-state index is 6.03. The molecule has 0 aliphatic rings. The summed E-state index contributed by atoms with van der Waals surface area (Å²) in [5.41, 5.74) is 7.09. The van der Waals surface area contributed by atoms with E-state index in [-0.39, 0.29) is 6.10 Å². The predicted octanol–water partition coefficient (Wildman–Crippen LogP) is 4.94. The number of H-pyrrole nitrogens is 1. The van der Waals surface area contributed by atoms with Crippen molar-refractivity contribution in [3.8, 4) is 5.75 Å². The molecule has 114 valence electrons. The Balaban J connectivity index is 1.88. The van der Waals surface area contributed by atoms with Crippen molar-refractivity contribution in [2.75, 3.05) is 0 Å². The van der Waals surface area contributed by atoms with Crippen LogP contribution in [0, 0.1) is 27.7 Å². The Hall–Kier alpha value is -2.29. The molecule has 0 radical (unpaired) electrons. The fraction of sp³-hybridized carbons (Fsp3) is 0.316. The molecule has 0 aliphatic carbocycles. The second kappa shape index (κ2) is 5.48. The van der Waals surface area contributed by atoms with Crippen LogP contribution in [0.4, 0.5) is 0 Å². The molecule has 2 aromatic carbocycles. The number of rotatable bonds is 3. The van der Waals surface area contributed by atoms with Gasteiger partial charge in [0, 0.05) is 0 Å². The van der Waals surface area contributed by atoms with Crippen LogP contribution >= 0.6 is 0 Å². The van der Waals surface area contributed by atoms with Gasteiger partial charge in [-0.3, -0.25) is 0 Å². The van der Waals surface area contributed by atoms with Gasteiger partial charge in [0.2, 0.25) is 0 Å². The fourth-order valence-corrected chi connectivity index (χ4v) is 2.53. The lowest BCUT2D eigenvalue weighted by atomic mass is 10.1. The summed E-state index contributed by atoms with van der Waals surface area (Å²) >= 11 is 0. The maximum Gasteiger partial charge on any atom is 0.153 e. The van der Waals surface area contributed by atoms with Crippen LogP contribution in [-0.4, -0.2) is 9.97 Å². The molecule has 0 bridgehead atoms. The third kappa shape index (κ3) is 2.71. The molecule has 0 saturated carbocycles. The molecule has 0 spiro atoms. The van der Waals surface area contributed by atoms with E-state index in [0.29, 0.717) is 0 Å². The first kappa shape index (κ1) is 14.6. The van der Waals surface area contributed by atoms with E-state index < -0.39 is 0 Å². The summed E-state index contributed by atoms with van der Waals surface area (Å²) < 4.78 is 6.03. The zero-order valence-electron chi connectivity index (χ0n) is 13.8. The van der Waals surface area contributed by atoms with E-state index in [1.807, 2.05) is 13.0 Å². The highest BCUT2D eigenvalue weighted by molar-refractivity contribution is 5.77. The highest BCUT2D eigenvalue weighted by Gasteiger charge is 2.13. The highest BCUT2D eigenvalue weighted by Crippen LogP contribution is 2.25. The second-order valence-corrected chi connectivity index (χ2v) is 6.08. The molecule has 22 heavy (non-hydrogen) atoms. The van der Waals surface area contributed by atoms with Crippen LogP contribution in [0.5, 0.6) is 5.75 Å². The standard InChI is InChI=1S/C19H22N2O/c1-11-6-7-16(8-12(11)2)22-15(5)19-20-17-9-13(3)14(4)10-18(17)21-19/h6-10,15H,1-5H3,(H,20,21)/t15-/m1/s1. The van der Waals surface area contributed by atoms with Gasteiger partial charge in [0.05, 0.1) is 11.0 Å². The van der Waals surface area contributed by atoms with E-state index in [1.165, 1.54) is 22.3 Å². The van der Waals surface area contributed by atoms with Crippen LogP contribution < -0.4 is 4.74 Å². The SMILES string of the molecule is Cc1ccc(O[C@H](C)c2nc3cc(C)c(C)cc3[nH]2)cc1C. The van der Waals surface area contributed by atoms with Gasteiger partial charge < -0.3 is 9.72 Å². The number of benzene rings is 2. The molecule has 0 unspecified atom stereocenters. The minimum absolute atomic E-state index is 0.116. The van der Waals surface area contributed by atoms with Gasteiger partial charge in [-0.05, 0) is 81.1 Å². The minimum atomic E-state index is -0.116. The Kier molecular flexibility index (Phi) is 3.65. The lowest BCUT2D eigenvalue weighted by molar-refractivity contribution is 0.218. The Morgan fingerprint density at radius 3 is 2.32 bits per heavy atom. The molecule has 0 saturated heterocycles. The summed E-state index contributed by atoms with van der Waals surface area (Å²) in [6, 6.07) is 10.4. The average Bonchev–Trinajstić information content (AvgIpc) is 2.86. The number of hydrogen-bond donors (Lipinski definition) is 1. The van der Waals surface area contributed by atoms with E-state index in [4.69, 9.17) is 4.74 Å². The highest BCUT2D eigenvalue weighted by atomic mass is 16.5. The Morgan fingerprint density at radius 2 is 1.59 bits per heavy atom. The number of nitrogens with zero attached hydrogens (tertiary/aromatic N) is 1. The minimum Gasteiger partial charge on any atom is -0.483 e. The van der Waals surface area contributed by atoms with Crippen LogP contribution in [0.15, 0.2) is 30.3 Å². The fourth-order valence-electron chi connectivity index (χ4n) is 2.53. The van der Waals surface area contributed by atoms with Crippen LogP contribution in [0.2, 0.25) is 0 Å². The van der Waals surface area contributed by atoms with E-state index in [1.54, 1.807) is 0 Å². The summed E-state index contributed by atoms with van der Waals surface area (Å²) in [5, 5.41) is 0. The molecular formula is C19H22N2O. The Labute approximate surface area is 131 Å². The molecule has 1 N–H and O–H groups in total. The second-order valence-electron chi connectivity index (χ2n) is 6.08. The van der Waals surface area contributed by atoms with Crippen molar-refractivity contribution < 1.29 is 4.74 Å². The van der Waals surface area contributed by atoms with Gasteiger partial charge in [-0.1, -0.05) is 6.07 Å². The zero-order chi connectivity index (χ0) is 15.9. The Morgan fingerprint density at radius 1 is 0.909 bits per heavy atom. The predicted molar refractivity (Wildman–Crippen MR) is 90.5 cm³/mol. The van der Waals surface area contributed by atoms with Gasteiger partial charge in [0.15, 0.2) is 6.10 Å². The first-order chi connectivity index (χ1) is 10.4. The van der Waals surface area contributed by atoms with Crippen molar-refractivity contribution in [3.05, 3.63) is 58.4 Å². The van der Waals surface area contributed by atoms with Crippen LogP contribution in [-0.2, 0) is 0 Å². The number of aryl methyl sites for hydroxylation is 4. The molecule has 3 nitrogen and oxygen atoms in total. The summed E-state index contributed by atoms with van der Waals surface area (Å²) in [7, 11) is 0. The summed E-state index contributed by atoms with van der Waals surface area (Å²) in [6.45, 7) is 10.4. The van der Waals surface area contributed by atoms with E-state index >= 15 is 0 Å². The van der Waals surface area contributed by atoms with E-state index in [9.17, 15) is 0 Å². The molecule has 1 atom stereocenters. The molecule has 0 aliphatic heterocycles. The van der Waals surface area contributed by atoms with Crippen LogP contribution in [0.1, 0.15) is 41.1 Å². The van der Waals surface area contributed by atoms with Crippen molar-refractivity contribution >= 4 is 11.0 Å². The van der Waals surface area contributed by atoms with E-state index in [2.05, 4.69) is 61.9 Å². The van der Waals surface area contributed by atoms with Crippen molar-refractivity contribution in [1.29, 1.82) is 0 Å². The normalized spacial score (nSPS) is 12.6. The number of fused-ring (bicyclic) bond motifs is 1. The van der Waals surface area contributed by atoms with Crippen molar-refractivity contribution in [3.63, 3.8) is 0 Å². The number of hydrogen-bond acceptors (Lipinski definition) is 2. The lowest BCUT2D eigenvalue weighted by Gasteiger charge is -2.13.